The van der Waals surface area contributed by atoms with Crippen molar-refractivity contribution < 1.29 is 9.18 Å². The number of rotatable bonds is 5. The number of terminal acetylenes is 1. The molecular weight excluding hydrogens is 255 g/mol. The smallest absolute Gasteiger partial charge is 0.236 e. The average Bonchev–Trinajstić information content (AvgIpc) is 2.34. The Labute approximate surface area is 111 Å². The highest BCUT2D eigenvalue weighted by Gasteiger charge is 2.13. The van der Waals surface area contributed by atoms with Gasteiger partial charge in [0.25, 0.3) is 0 Å². The fourth-order valence-corrected chi connectivity index (χ4v) is 1.61. The molecule has 0 saturated heterocycles. The number of nitrogens with zero attached hydrogens (tertiary/aromatic N) is 1. The normalized spacial score (nSPS) is 9.89. The van der Waals surface area contributed by atoms with Gasteiger partial charge in [-0.25, -0.2) is 4.39 Å². The molecule has 0 bridgehead atoms. The number of hydrogen-bond acceptors (Lipinski definition) is 2. The first-order valence-electron chi connectivity index (χ1n) is 5.37. The SMILES string of the molecule is C#CCNCC(=O)N(C)Cc1c(F)cccc1Cl. The highest BCUT2D eigenvalue weighted by atomic mass is 35.5. The molecule has 0 aliphatic carbocycles. The van der Waals surface area contributed by atoms with Gasteiger partial charge in [-0.2, -0.15) is 0 Å². The molecule has 18 heavy (non-hydrogen) atoms. The van der Waals surface area contributed by atoms with E-state index in [1.807, 2.05) is 0 Å². The van der Waals surface area contributed by atoms with Crippen LogP contribution in [0, 0.1) is 18.2 Å². The Morgan fingerprint density at radius 2 is 2.33 bits per heavy atom. The molecule has 0 spiro atoms. The monoisotopic (exact) mass is 268 g/mol. The number of likely N-dealkylation sites (N-methyl/N-ethyl adjacent to an activating group) is 1. The van der Waals surface area contributed by atoms with Crippen LogP contribution < -0.4 is 5.32 Å². The Balaban J connectivity index is 2.62. The quantitative estimate of drug-likeness (QED) is 0.651. The zero-order chi connectivity index (χ0) is 13.5. The first-order valence-corrected chi connectivity index (χ1v) is 5.75. The van der Waals surface area contributed by atoms with Gasteiger partial charge >= 0.3 is 0 Å². The molecular formula is C13H14ClFN2O. The van der Waals surface area contributed by atoms with E-state index in [1.165, 1.54) is 17.0 Å². The summed E-state index contributed by atoms with van der Waals surface area (Å²) in [7, 11) is 1.59. The molecule has 1 aromatic rings. The van der Waals surface area contributed by atoms with Crippen LogP contribution in [-0.2, 0) is 11.3 Å². The number of carbonyl (C=O) groups is 1. The zero-order valence-electron chi connectivity index (χ0n) is 10.0. The van der Waals surface area contributed by atoms with E-state index >= 15 is 0 Å². The summed E-state index contributed by atoms with van der Waals surface area (Å²) in [5.41, 5.74) is 0.312. The molecule has 1 amide bonds. The topological polar surface area (TPSA) is 32.3 Å². The van der Waals surface area contributed by atoms with Gasteiger partial charge in [-0.1, -0.05) is 23.6 Å². The molecule has 5 heteroatoms. The minimum absolute atomic E-state index is 0.118. The summed E-state index contributed by atoms with van der Waals surface area (Å²) in [6, 6.07) is 4.43. The number of carbonyl (C=O) groups excluding carboxylic acids is 1. The Kier molecular flexibility index (Phi) is 5.63. The zero-order valence-corrected chi connectivity index (χ0v) is 10.8. The van der Waals surface area contributed by atoms with Crippen molar-refractivity contribution in [3.05, 3.63) is 34.6 Å². The standard InChI is InChI=1S/C13H14ClFN2O/c1-3-7-16-8-13(18)17(2)9-10-11(14)5-4-6-12(10)15/h1,4-6,16H,7-9H2,2H3. The maximum atomic E-state index is 13.5. The molecule has 3 nitrogen and oxygen atoms in total. The van der Waals surface area contributed by atoms with Crippen molar-refractivity contribution in [2.45, 2.75) is 6.54 Å². The lowest BCUT2D eigenvalue weighted by Crippen LogP contribution is -2.35. The molecule has 0 atom stereocenters. The van der Waals surface area contributed by atoms with Crippen LogP contribution in [0.5, 0.6) is 0 Å². The fraction of sp³-hybridized carbons (Fsp3) is 0.308. The van der Waals surface area contributed by atoms with Gasteiger partial charge in [-0.3, -0.25) is 10.1 Å². The first-order chi connectivity index (χ1) is 8.56. The van der Waals surface area contributed by atoms with Crippen LogP contribution in [0.4, 0.5) is 4.39 Å². The van der Waals surface area contributed by atoms with Gasteiger partial charge in [0, 0.05) is 24.2 Å². The van der Waals surface area contributed by atoms with Crippen LogP contribution in [0.3, 0.4) is 0 Å². The predicted molar refractivity (Wildman–Crippen MR) is 69.6 cm³/mol. The van der Waals surface area contributed by atoms with Crippen LogP contribution in [0.1, 0.15) is 5.56 Å². The third-order valence-corrected chi connectivity index (χ3v) is 2.74. The molecule has 0 saturated carbocycles. The average molecular weight is 269 g/mol. The van der Waals surface area contributed by atoms with Crippen LogP contribution in [0.25, 0.3) is 0 Å². The molecule has 0 fully saturated rings. The second-order valence-electron chi connectivity index (χ2n) is 3.76. The summed E-state index contributed by atoms with van der Waals surface area (Å²) in [5, 5.41) is 3.09. The summed E-state index contributed by atoms with van der Waals surface area (Å²) in [6.45, 7) is 0.564. The third kappa shape index (κ3) is 4.02. The Bertz CT molecular complexity index is 450. The van der Waals surface area contributed by atoms with E-state index in [0.717, 1.165) is 0 Å². The van der Waals surface area contributed by atoms with E-state index in [9.17, 15) is 9.18 Å². The van der Waals surface area contributed by atoms with Crippen molar-refractivity contribution in [3.63, 3.8) is 0 Å². The number of halogens is 2. The van der Waals surface area contributed by atoms with Gasteiger partial charge in [0.05, 0.1) is 13.1 Å². The van der Waals surface area contributed by atoms with Crippen molar-refractivity contribution in [1.29, 1.82) is 0 Å². The van der Waals surface area contributed by atoms with Gasteiger partial charge < -0.3 is 4.90 Å². The summed E-state index contributed by atoms with van der Waals surface area (Å²) in [4.78, 5) is 13.1. The second kappa shape index (κ2) is 7.00. The lowest BCUT2D eigenvalue weighted by atomic mass is 10.2. The van der Waals surface area contributed by atoms with E-state index in [4.69, 9.17) is 18.0 Å². The highest BCUT2D eigenvalue weighted by Crippen LogP contribution is 2.20. The number of amides is 1. The molecule has 0 unspecified atom stereocenters. The van der Waals surface area contributed by atoms with Gasteiger partial charge in [0.15, 0.2) is 0 Å². The molecule has 1 aromatic carbocycles. The van der Waals surface area contributed by atoms with E-state index in [2.05, 4.69) is 11.2 Å². The molecule has 0 radical (unpaired) electrons. The summed E-state index contributed by atoms with van der Waals surface area (Å²) < 4.78 is 13.5. The fourth-order valence-electron chi connectivity index (χ4n) is 1.39. The number of nitrogens with one attached hydrogen (secondary N) is 1. The van der Waals surface area contributed by atoms with Crippen molar-refractivity contribution >= 4 is 17.5 Å². The van der Waals surface area contributed by atoms with E-state index in [-0.39, 0.29) is 19.0 Å². The molecule has 0 aromatic heterocycles. The Hall–Kier alpha value is -1.57. The lowest BCUT2D eigenvalue weighted by molar-refractivity contribution is -0.129. The Morgan fingerprint density at radius 3 is 2.94 bits per heavy atom. The van der Waals surface area contributed by atoms with Gasteiger partial charge in [-0.05, 0) is 12.1 Å². The predicted octanol–water partition coefficient (Wildman–Crippen LogP) is 1.66. The number of hydrogen-bond donors (Lipinski definition) is 1. The van der Waals surface area contributed by atoms with Crippen LogP contribution in [-0.4, -0.2) is 30.9 Å². The minimum atomic E-state index is -0.418. The minimum Gasteiger partial charge on any atom is -0.340 e. The molecule has 1 N–H and O–H groups in total. The van der Waals surface area contributed by atoms with E-state index in [1.54, 1.807) is 13.1 Å². The second-order valence-corrected chi connectivity index (χ2v) is 4.16. The van der Waals surface area contributed by atoms with E-state index in [0.29, 0.717) is 17.1 Å². The Morgan fingerprint density at radius 1 is 1.61 bits per heavy atom. The van der Waals surface area contributed by atoms with Gasteiger partial charge in [0.2, 0.25) is 5.91 Å². The van der Waals surface area contributed by atoms with Crippen molar-refractivity contribution in [2.24, 2.45) is 0 Å². The summed E-state index contributed by atoms with van der Waals surface area (Å²) >= 11 is 5.88. The van der Waals surface area contributed by atoms with Gasteiger partial charge in [0.1, 0.15) is 5.82 Å². The van der Waals surface area contributed by atoms with Crippen LogP contribution >= 0.6 is 11.6 Å². The van der Waals surface area contributed by atoms with E-state index < -0.39 is 5.82 Å². The third-order valence-electron chi connectivity index (χ3n) is 2.39. The lowest BCUT2D eigenvalue weighted by Gasteiger charge is -2.18. The molecule has 96 valence electrons. The van der Waals surface area contributed by atoms with Gasteiger partial charge in [-0.15, -0.1) is 6.42 Å². The van der Waals surface area contributed by atoms with Crippen molar-refractivity contribution in [1.82, 2.24) is 10.2 Å². The molecule has 0 heterocycles. The van der Waals surface area contributed by atoms with Crippen molar-refractivity contribution in [2.75, 3.05) is 20.1 Å². The molecule has 0 aliphatic heterocycles. The summed E-state index contributed by atoms with van der Waals surface area (Å²) in [5.74, 6) is 1.77. The number of benzene rings is 1. The largest absolute Gasteiger partial charge is 0.340 e. The molecule has 0 aliphatic rings. The highest BCUT2D eigenvalue weighted by molar-refractivity contribution is 6.31. The maximum absolute atomic E-state index is 13.5. The first kappa shape index (κ1) is 14.5. The molecule has 1 rings (SSSR count). The van der Waals surface area contributed by atoms with Crippen molar-refractivity contribution in [3.8, 4) is 12.3 Å². The van der Waals surface area contributed by atoms with Crippen LogP contribution in [0.2, 0.25) is 5.02 Å². The van der Waals surface area contributed by atoms with Crippen LogP contribution in [0.15, 0.2) is 18.2 Å². The summed E-state index contributed by atoms with van der Waals surface area (Å²) in [6.07, 6.45) is 5.05. The maximum Gasteiger partial charge on any atom is 0.236 e.